The molecule has 1 rings (SSSR count). The van der Waals surface area contributed by atoms with Gasteiger partial charge < -0.3 is 25.6 Å². The molecule has 1 aliphatic heterocycles. The van der Waals surface area contributed by atoms with Gasteiger partial charge >= 0.3 is 12.0 Å². The number of carbonyl (C=O) groups excluding carboxylic acids is 4. The lowest BCUT2D eigenvalue weighted by Crippen LogP contribution is -2.56. The summed E-state index contributed by atoms with van der Waals surface area (Å²) in [4.78, 5) is 49.8. The minimum atomic E-state index is -0.823. The van der Waals surface area contributed by atoms with E-state index in [-0.39, 0.29) is 30.7 Å². The molecule has 1 saturated heterocycles. The standard InChI is InChI=1S/C19H30N4O5/c1-5-9-21-19(27)22-14-8-11-23(15(24)12-13(2)3)17(14)18(26)20-10-6-7-16(25)28-4/h5,12,14,17H,1,6-11H2,2-4H3,(H,20,26)(H2,21,22,27)/t14-,17-/m0/s1. The first kappa shape index (κ1) is 23.2. The van der Waals surface area contributed by atoms with Crippen molar-refractivity contribution < 1.29 is 23.9 Å². The van der Waals surface area contributed by atoms with Gasteiger partial charge in [-0.1, -0.05) is 11.6 Å². The topological polar surface area (TPSA) is 117 Å². The van der Waals surface area contributed by atoms with Crippen molar-refractivity contribution in [1.29, 1.82) is 0 Å². The molecule has 1 fully saturated rings. The molecule has 1 heterocycles. The van der Waals surface area contributed by atoms with Crippen LogP contribution < -0.4 is 16.0 Å². The summed E-state index contributed by atoms with van der Waals surface area (Å²) in [6.07, 6.45) is 4.09. The summed E-state index contributed by atoms with van der Waals surface area (Å²) in [6, 6.07) is -1.76. The van der Waals surface area contributed by atoms with Crippen LogP contribution in [0, 0.1) is 0 Å². The Bertz CT molecular complexity index is 628. The van der Waals surface area contributed by atoms with Crippen molar-refractivity contribution in [2.24, 2.45) is 0 Å². The Morgan fingerprint density at radius 2 is 1.93 bits per heavy atom. The van der Waals surface area contributed by atoms with E-state index in [1.54, 1.807) is 19.9 Å². The minimum Gasteiger partial charge on any atom is -0.469 e. The molecule has 1 aliphatic rings. The number of ether oxygens (including phenoxy) is 1. The number of rotatable bonds is 9. The summed E-state index contributed by atoms with van der Waals surface area (Å²) in [5.41, 5.74) is 0.822. The third-order valence-electron chi connectivity index (χ3n) is 4.17. The summed E-state index contributed by atoms with van der Waals surface area (Å²) in [5.74, 6) is -0.994. The van der Waals surface area contributed by atoms with Gasteiger partial charge in [0.25, 0.3) is 0 Å². The number of hydrogen-bond acceptors (Lipinski definition) is 5. The highest BCUT2D eigenvalue weighted by molar-refractivity contribution is 5.94. The van der Waals surface area contributed by atoms with Gasteiger partial charge in [0.2, 0.25) is 11.8 Å². The average molecular weight is 394 g/mol. The Hall–Kier alpha value is -2.84. The summed E-state index contributed by atoms with van der Waals surface area (Å²) < 4.78 is 4.56. The summed E-state index contributed by atoms with van der Waals surface area (Å²) in [7, 11) is 1.31. The molecule has 0 aromatic rings. The van der Waals surface area contributed by atoms with Crippen molar-refractivity contribution in [3.05, 3.63) is 24.3 Å². The number of nitrogens with zero attached hydrogens (tertiary/aromatic N) is 1. The normalized spacial score (nSPS) is 18.0. The quantitative estimate of drug-likeness (QED) is 0.228. The van der Waals surface area contributed by atoms with Crippen LogP contribution in [0.3, 0.4) is 0 Å². The van der Waals surface area contributed by atoms with Crippen LogP contribution in [0.25, 0.3) is 0 Å². The fraction of sp³-hybridized carbons (Fsp3) is 0.579. The van der Waals surface area contributed by atoms with Gasteiger partial charge in [-0.2, -0.15) is 0 Å². The zero-order chi connectivity index (χ0) is 21.1. The van der Waals surface area contributed by atoms with E-state index in [4.69, 9.17) is 0 Å². The first-order chi connectivity index (χ1) is 13.3. The lowest BCUT2D eigenvalue weighted by molar-refractivity contribution is -0.140. The first-order valence-corrected chi connectivity index (χ1v) is 9.25. The second-order valence-corrected chi connectivity index (χ2v) is 6.71. The Kier molecular flexibility index (Phi) is 9.76. The van der Waals surface area contributed by atoms with Gasteiger partial charge in [0, 0.05) is 32.1 Å². The maximum Gasteiger partial charge on any atom is 0.315 e. The van der Waals surface area contributed by atoms with Crippen LogP contribution in [0.4, 0.5) is 4.79 Å². The highest BCUT2D eigenvalue weighted by Gasteiger charge is 2.41. The number of nitrogens with one attached hydrogen (secondary N) is 3. The van der Waals surface area contributed by atoms with Crippen molar-refractivity contribution in [2.75, 3.05) is 26.7 Å². The monoisotopic (exact) mass is 394 g/mol. The van der Waals surface area contributed by atoms with E-state index >= 15 is 0 Å². The van der Waals surface area contributed by atoms with Crippen LogP contribution in [0.5, 0.6) is 0 Å². The fourth-order valence-corrected chi connectivity index (χ4v) is 2.88. The van der Waals surface area contributed by atoms with E-state index in [9.17, 15) is 19.2 Å². The molecule has 0 aromatic carbocycles. The number of carbonyl (C=O) groups is 4. The highest BCUT2D eigenvalue weighted by atomic mass is 16.5. The third kappa shape index (κ3) is 7.42. The van der Waals surface area contributed by atoms with Crippen molar-refractivity contribution in [2.45, 2.75) is 45.2 Å². The Balaban J connectivity index is 2.80. The molecule has 4 amide bonds. The number of likely N-dealkylation sites (tertiary alicyclic amines) is 1. The van der Waals surface area contributed by atoms with E-state index in [0.717, 1.165) is 5.57 Å². The fourth-order valence-electron chi connectivity index (χ4n) is 2.88. The van der Waals surface area contributed by atoms with Crippen LogP contribution in [0.1, 0.15) is 33.1 Å². The van der Waals surface area contributed by atoms with Crippen molar-refractivity contribution in [3.63, 3.8) is 0 Å². The maximum atomic E-state index is 12.7. The zero-order valence-electron chi connectivity index (χ0n) is 16.7. The maximum absolute atomic E-state index is 12.7. The van der Waals surface area contributed by atoms with Crippen LogP contribution in [0.2, 0.25) is 0 Å². The van der Waals surface area contributed by atoms with Crippen molar-refractivity contribution in [1.82, 2.24) is 20.9 Å². The molecule has 9 nitrogen and oxygen atoms in total. The van der Waals surface area contributed by atoms with Gasteiger partial charge in [-0.3, -0.25) is 14.4 Å². The molecule has 2 atom stereocenters. The molecule has 0 saturated carbocycles. The smallest absolute Gasteiger partial charge is 0.315 e. The molecule has 0 aromatic heterocycles. The van der Waals surface area contributed by atoms with Crippen molar-refractivity contribution >= 4 is 23.8 Å². The van der Waals surface area contributed by atoms with Gasteiger partial charge in [-0.15, -0.1) is 6.58 Å². The van der Waals surface area contributed by atoms with Crippen LogP contribution in [0.15, 0.2) is 24.3 Å². The molecule has 0 spiro atoms. The molecular formula is C19H30N4O5. The molecule has 3 N–H and O–H groups in total. The van der Waals surface area contributed by atoms with E-state index in [1.807, 2.05) is 0 Å². The van der Waals surface area contributed by atoms with Crippen LogP contribution in [-0.2, 0) is 19.1 Å². The van der Waals surface area contributed by atoms with E-state index in [1.165, 1.54) is 18.1 Å². The lowest BCUT2D eigenvalue weighted by atomic mass is 10.1. The lowest BCUT2D eigenvalue weighted by Gasteiger charge is -2.27. The summed E-state index contributed by atoms with van der Waals surface area (Å²) in [5, 5.41) is 8.09. The molecule has 28 heavy (non-hydrogen) atoms. The Labute approximate surface area is 165 Å². The molecule has 0 unspecified atom stereocenters. The predicted octanol–water partition coefficient (Wildman–Crippen LogP) is 0.477. The summed E-state index contributed by atoms with van der Waals surface area (Å²) >= 11 is 0. The van der Waals surface area contributed by atoms with Gasteiger partial charge in [0.1, 0.15) is 6.04 Å². The Morgan fingerprint density at radius 1 is 1.21 bits per heavy atom. The number of amides is 4. The van der Waals surface area contributed by atoms with E-state index in [2.05, 4.69) is 27.3 Å². The number of hydrogen-bond donors (Lipinski definition) is 3. The molecule has 0 bridgehead atoms. The van der Waals surface area contributed by atoms with E-state index < -0.39 is 18.1 Å². The summed E-state index contributed by atoms with van der Waals surface area (Å²) in [6.45, 7) is 8.05. The average Bonchev–Trinajstić information content (AvgIpc) is 3.06. The second kappa shape index (κ2) is 11.8. The largest absolute Gasteiger partial charge is 0.469 e. The van der Waals surface area contributed by atoms with Gasteiger partial charge in [-0.05, 0) is 26.7 Å². The molecule has 156 valence electrons. The third-order valence-corrected chi connectivity index (χ3v) is 4.17. The molecular weight excluding hydrogens is 364 g/mol. The number of methoxy groups -OCH3 is 1. The van der Waals surface area contributed by atoms with E-state index in [0.29, 0.717) is 25.9 Å². The van der Waals surface area contributed by atoms with Gasteiger partial charge in [0.15, 0.2) is 0 Å². The van der Waals surface area contributed by atoms with Crippen molar-refractivity contribution in [3.8, 4) is 0 Å². The zero-order valence-corrected chi connectivity index (χ0v) is 16.7. The van der Waals surface area contributed by atoms with Crippen LogP contribution in [-0.4, -0.2) is 67.5 Å². The number of urea groups is 1. The first-order valence-electron chi connectivity index (χ1n) is 9.25. The molecule has 0 aliphatic carbocycles. The van der Waals surface area contributed by atoms with Crippen LogP contribution >= 0.6 is 0 Å². The number of esters is 1. The minimum absolute atomic E-state index is 0.188. The second-order valence-electron chi connectivity index (χ2n) is 6.71. The highest BCUT2D eigenvalue weighted by Crippen LogP contribution is 2.19. The Morgan fingerprint density at radius 3 is 2.54 bits per heavy atom. The SMILES string of the molecule is C=CCNC(=O)N[C@H]1CCN(C(=O)C=C(C)C)[C@@H]1C(=O)NCCCC(=O)OC. The van der Waals surface area contributed by atoms with Gasteiger partial charge in [-0.25, -0.2) is 4.79 Å². The number of allylic oxidation sites excluding steroid dienone is 1. The molecule has 9 heteroatoms. The predicted molar refractivity (Wildman–Crippen MR) is 104 cm³/mol. The van der Waals surface area contributed by atoms with Gasteiger partial charge in [0.05, 0.1) is 13.2 Å². The molecule has 0 radical (unpaired) electrons.